The third kappa shape index (κ3) is 3.95. The third-order valence-corrected chi connectivity index (χ3v) is 5.38. The molecule has 0 aliphatic carbocycles. The normalized spacial score (nSPS) is 17.0. The fourth-order valence-electron chi connectivity index (χ4n) is 3.87. The molecular weight excluding hydrogens is 356 g/mol. The Labute approximate surface area is 165 Å². The molecule has 2 aromatic rings. The summed E-state index contributed by atoms with van der Waals surface area (Å²) < 4.78 is 1.80. The summed E-state index contributed by atoms with van der Waals surface area (Å²) in [7, 11) is 0. The topological polar surface area (TPSA) is 87.1 Å². The van der Waals surface area contributed by atoms with Crippen molar-refractivity contribution < 1.29 is 9.59 Å². The Morgan fingerprint density at radius 3 is 2.71 bits per heavy atom. The molecule has 2 aromatic heterocycles. The highest BCUT2D eigenvalue weighted by Crippen LogP contribution is 2.33. The molecule has 0 spiro atoms. The predicted octanol–water partition coefficient (Wildman–Crippen LogP) is 2.87. The number of hydrogen-bond acceptors (Lipinski definition) is 4. The van der Waals surface area contributed by atoms with E-state index in [9.17, 15) is 9.59 Å². The first-order valence-electron chi connectivity index (χ1n) is 10.3. The molecule has 0 unspecified atom stereocenters. The van der Waals surface area contributed by atoms with Crippen molar-refractivity contribution in [2.75, 3.05) is 19.6 Å². The van der Waals surface area contributed by atoms with Gasteiger partial charge in [-0.05, 0) is 39.5 Å². The number of nitrogens with one attached hydrogen (secondary N) is 1. The molecule has 3 rings (SSSR count). The number of carbonyl (C=O) groups is 2. The minimum atomic E-state index is -0.173. The average Bonchev–Trinajstić information content (AvgIpc) is 3.38. The second kappa shape index (κ2) is 9.03. The van der Waals surface area contributed by atoms with Gasteiger partial charge in [-0.1, -0.05) is 6.92 Å². The van der Waals surface area contributed by atoms with E-state index in [1.165, 1.54) is 0 Å². The van der Waals surface area contributed by atoms with Crippen LogP contribution >= 0.6 is 0 Å². The summed E-state index contributed by atoms with van der Waals surface area (Å²) in [4.78, 5) is 29.7. The number of H-pyrrole nitrogens is 1. The van der Waals surface area contributed by atoms with Crippen molar-refractivity contribution in [3.63, 3.8) is 0 Å². The van der Waals surface area contributed by atoms with Gasteiger partial charge >= 0.3 is 0 Å². The van der Waals surface area contributed by atoms with Crippen LogP contribution in [0.4, 0.5) is 0 Å². The van der Waals surface area contributed by atoms with E-state index in [-0.39, 0.29) is 17.9 Å². The fourth-order valence-corrected chi connectivity index (χ4v) is 3.87. The first-order chi connectivity index (χ1) is 13.6. The van der Waals surface area contributed by atoms with Gasteiger partial charge in [-0.2, -0.15) is 10.2 Å². The van der Waals surface area contributed by atoms with Crippen molar-refractivity contribution in [3.8, 4) is 0 Å². The Kier molecular flexibility index (Phi) is 6.49. The molecule has 8 nitrogen and oxygen atoms in total. The minimum absolute atomic E-state index is 0.0390. The van der Waals surface area contributed by atoms with E-state index in [0.29, 0.717) is 30.8 Å². The van der Waals surface area contributed by atoms with Gasteiger partial charge in [0.1, 0.15) is 0 Å². The molecule has 1 aliphatic heterocycles. The van der Waals surface area contributed by atoms with Crippen molar-refractivity contribution in [3.05, 3.63) is 35.4 Å². The Balaban J connectivity index is 1.87. The standard InChI is InChI=1S/C20H30N6O2/c1-4-10-25-14-15(12-22-25)19(27)26-11-8-7-9-17(26)18-16(13-21-23-18)20(28)24(5-2)6-3/h12-14,17H,4-11H2,1-3H3,(H,21,23)/t17-/m0/s1. The first kappa shape index (κ1) is 20.1. The highest BCUT2D eigenvalue weighted by molar-refractivity contribution is 5.96. The number of amides is 2. The lowest BCUT2D eigenvalue weighted by molar-refractivity contribution is 0.0597. The van der Waals surface area contributed by atoms with Crippen LogP contribution in [0.3, 0.4) is 0 Å². The Morgan fingerprint density at radius 2 is 2.00 bits per heavy atom. The molecule has 3 heterocycles. The number of aromatic nitrogens is 4. The molecule has 0 radical (unpaired) electrons. The van der Waals surface area contributed by atoms with Gasteiger partial charge in [0.2, 0.25) is 0 Å². The molecular formula is C20H30N6O2. The van der Waals surface area contributed by atoms with Crippen LogP contribution in [-0.4, -0.2) is 61.2 Å². The molecule has 1 saturated heterocycles. The van der Waals surface area contributed by atoms with Crippen LogP contribution < -0.4 is 0 Å². The molecule has 1 N–H and O–H groups in total. The SMILES string of the molecule is CCCn1cc(C(=O)N2CCCC[C@H]2c2[nH]ncc2C(=O)N(CC)CC)cn1. The quantitative estimate of drug-likeness (QED) is 0.793. The zero-order chi connectivity index (χ0) is 20.1. The number of nitrogens with zero attached hydrogens (tertiary/aromatic N) is 5. The largest absolute Gasteiger partial charge is 0.339 e. The van der Waals surface area contributed by atoms with Gasteiger partial charge in [0, 0.05) is 32.4 Å². The van der Waals surface area contributed by atoms with Crippen molar-refractivity contribution in [2.24, 2.45) is 0 Å². The molecule has 0 bridgehead atoms. The van der Waals surface area contributed by atoms with Crippen LogP contribution in [-0.2, 0) is 6.54 Å². The molecule has 28 heavy (non-hydrogen) atoms. The van der Waals surface area contributed by atoms with E-state index in [1.807, 2.05) is 24.9 Å². The molecule has 1 atom stereocenters. The summed E-state index contributed by atoms with van der Waals surface area (Å²) >= 11 is 0. The smallest absolute Gasteiger partial charge is 0.257 e. The summed E-state index contributed by atoms with van der Waals surface area (Å²) in [5.41, 5.74) is 1.90. The van der Waals surface area contributed by atoms with Gasteiger partial charge < -0.3 is 9.80 Å². The zero-order valence-corrected chi connectivity index (χ0v) is 17.0. The Morgan fingerprint density at radius 1 is 1.21 bits per heavy atom. The van der Waals surface area contributed by atoms with Gasteiger partial charge in [-0.15, -0.1) is 0 Å². The Bertz CT molecular complexity index is 807. The number of likely N-dealkylation sites (tertiary alicyclic amines) is 1. The number of carbonyl (C=O) groups excluding carboxylic acids is 2. The summed E-state index contributed by atoms with van der Waals surface area (Å²) in [6, 6.07) is -0.173. The molecule has 1 aliphatic rings. The number of piperidine rings is 1. The predicted molar refractivity (Wildman–Crippen MR) is 106 cm³/mol. The van der Waals surface area contributed by atoms with E-state index >= 15 is 0 Å². The van der Waals surface area contributed by atoms with E-state index in [0.717, 1.165) is 37.9 Å². The monoisotopic (exact) mass is 386 g/mol. The molecule has 8 heteroatoms. The molecule has 152 valence electrons. The average molecular weight is 387 g/mol. The first-order valence-corrected chi connectivity index (χ1v) is 10.3. The van der Waals surface area contributed by atoms with E-state index < -0.39 is 0 Å². The van der Waals surface area contributed by atoms with Gasteiger partial charge in [0.15, 0.2) is 0 Å². The molecule has 2 amide bonds. The zero-order valence-electron chi connectivity index (χ0n) is 17.0. The lowest BCUT2D eigenvalue weighted by Crippen LogP contribution is -2.40. The highest BCUT2D eigenvalue weighted by Gasteiger charge is 2.33. The molecule has 0 saturated carbocycles. The van der Waals surface area contributed by atoms with Crippen LogP contribution in [0.25, 0.3) is 0 Å². The maximum atomic E-state index is 13.2. The number of hydrogen-bond donors (Lipinski definition) is 1. The van der Waals surface area contributed by atoms with E-state index in [2.05, 4.69) is 22.2 Å². The third-order valence-electron chi connectivity index (χ3n) is 5.38. The van der Waals surface area contributed by atoms with Gasteiger partial charge in [0.25, 0.3) is 11.8 Å². The maximum Gasteiger partial charge on any atom is 0.257 e. The Hall–Kier alpha value is -2.64. The summed E-state index contributed by atoms with van der Waals surface area (Å²) in [6.45, 7) is 8.75. The van der Waals surface area contributed by atoms with Crippen LogP contribution in [0, 0.1) is 0 Å². The number of aromatic amines is 1. The molecule has 0 aromatic carbocycles. The van der Waals surface area contributed by atoms with Gasteiger partial charge in [0.05, 0.1) is 35.3 Å². The van der Waals surface area contributed by atoms with Gasteiger partial charge in [-0.3, -0.25) is 19.4 Å². The van der Waals surface area contributed by atoms with Crippen molar-refractivity contribution >= 4 is 11.8 Å². The number of aryl methyl sites for hydroxylation is 1. The van der Waals surface area contributed by atoms with Crippen LogP contribution in [0.1, 0.15) is 78.9 Å². The number of rotatable bonds is 7. The summed E-state index contributed by atoms with van der Waals surface area (Å²) in [5.74, 6) is -0.0784. The van der Waals surface area contributed by atoms with Crippen LogP contribution in [0.5, 0.6) is 0 Å². The minimum Gasteiger partial charge on any atom is -0.339 e. The van der Waals surface area contributed by atoms with Gasteiger partial charge in [-0.25, -0.2) is 0 Å². The van der Waals surface area contributed by atoms with Crippen LogP contribution in [0.2, 0.25) is 0 Å². The lowest BCUT2D eigenvalue weighted by Gasteiger charge is -2.35. The van der Waals surface area contributed by atoms with Crippen LogP contribution in [0.15, 0.2) is 18.6 Å². The summed E-state index contributed by atoms with van der Waals surface area (Å²) in [5, 5.41) is 11.4. The second-order valence-electron chi connectivity index (χ2n) is 7.18. The molecule has 1 fully saturated rings. The fraction of sp³-hybridized carbons (Fsp3) is 0.600. The van der Waals surface area contributed by atoms with Crippen molar-refractivity contribution in [2.45, 2.75) is 59.0 Å². The van der Waals surface area contributed by atoms with Crippen molar-refractivity contribution in [1.29, 1.82) is 0 Å². The maximum absolute atomic E-state index is 13.2. The van der Waals surface area contributed by atoms with Crippen molar-refractivity contribution in [1.82, 2.24) is 29.8 Å². The highest BCUT2D eigenvalue weighted by atomic mass is 16.2. The van der Waals surface area contributed by atoms with E-state index in [1.54, 1.807) is 22.0 Å². The lowest BCUT2D eigenvalue weighted by atomic mass is 9.96. The van der Waals surface area contributed by atoms with E-state index in [4.69, 9.17) is 0 Å². The summed E-state index contributed by atoms with van der Waals surface area (Å²) in [6.07, 6.45) is 8.79. The second-order valence-corrected chi connectivity index (χ2v) is 7.18.